The minimum atomic E-state index is -0.854. The molecule has 2 rings (SSSR count). The number of amides is 2. The van der Waals surface area contributed by atoms with Crippen LogP contribution in [0.4, 0.5) is 0 Å². The van der Waals surface area contributed by atoms with Crippen LogP contribution in [0.2, 0.25) is 0 Å². The molecule has 2 N–H and O–H groups in total. The summed E-state index contributed by atoms with van der Waals surface area (Å²) in [4.78, 5) is 39.8. The summed E-state index contributed by atoms with van der Waals surface area (Å²) in [6, 6.07) is 3.06. The van der Waals surface area contributed by atoms with Crippen LogP contribution in [-0.4, -0.2) is 53.5 Å². The zero-order valence-electron chi connectivity index (χ0n) is 12.9. The van der Waals surface area contributed by atoms with Gasteiger partial charge in [-0.3, -0.25) is 14.6 Å². The highest BCUT2D eigenvalue weighted by atomic mass is 16.5. The zero-order valence-corrected chi connectivity index (χ0v) is 12.9. The Balaban J connectivity index is 1.99. The van der Waals surface area contributed by atoms with Gasteiger partial charge < -0.3 is 20.1 Å². The van der Waals surface area contributed by atoms with Crippen LogP contribution in [-0.2, 0) is 14.3 Å². The molecule has 0 bridgehead atoms. The van der Waals surface area contributed by atoms with Crippen LogP contribution < -0.4 is 10.5 Å². The van der Waals surface area contributed by atoms with E-state index in [1.807, 2.05) is 0 Å². The third kappa shape index (κ3) is 4.41. The van der Waals surface area contributed by atoms with Crippen LogP contribution in [0.5, 0.6) is 5.75 Å². The summed E-state index contributed by atoms with van der Waals surface area (Å²) in [7, 11) is 0. The number of nitrogens with two attached hydrogens (primary N) is 1. The van der Waals surface area contributed by atoms with Crippen molar-refractivity contribution in [2.45, 2.75) is 25.9 Å². The molecule has 23 heavy (non-hydrogen) atoms. The zero-order chi connectivity index (χ0) is 16.8. The number of nitrogens with zero attached hydrogens (tertiary/aromatic N) is 2. The second-order valence-electron chi connectivity index (χ2n) is 5.09. The monoisotopic (exact) mass is 321 g/mol. The van der Waals surface area contributed by atoms with Gasteiger partial charge in [-0.15, -0.1) is 0 Å². The fraction of sp³-hybridized carbons (Fsp3) is 0.467. The highest BCUT2D eigenvalue weighted by molar-refractivity contribution is 6.32. The first kappa shape index (κ1) is 16.7. The van der Waals surface area contributed by atoms with Crippen molar-refractivity contribution in [1.82, 2.24) is 9.88 Å². The van der Waals surface area contributed by atoms with E-state index in [0.29, 0.717) is 18.7 Å². The summed E-state index contributed by atoms with van der Waals surface area (Å²) in [5, 5.41) is 0. The SMILES string of the molecule is CCOC(=O)C(=O)N1CCCC(Oc2ccnc(C(N)=O)c2)C1. The number of pyridine rings is 1. The molecule has 1 aliphatic rings. The van der Waals surface area contributed by atoms with Crippen molar-refractivity contribution in [3.63, 3.8) is 0 Å². The van der Waals surface area contributed by atoms with Gasteiger partial charge in [0, 0.05) is 18.8 Å². The largest absolute Gasteiger partial charge is 0.488 e. The molecule has 1 aromatic rings. The van der Waals surface area contributed by atoms with Gasteiger partial charge in [-0.1, -0.05) is 0 Å². The third-order valence-electron chi connectivity index (χ3n) is 3.40. The van der Waals surface area contributed by atoms with Crippen LogP contribution in [0, 0.1) is 0 Å². The van der Waals surface area contributed by atoms with Gasteiger partial charge in [0.2, 0.25) is 0 Å². The van der Waals surface area contributed by atoms with Gasteiger partial charge >= 0.3 is 11.9 Å². The number of carbonyl (C=O) groups is 3. The average Bonchev–Trinajstić information content (AvgIpc) is 2.55. The number of likely N-dealkylation sites (tertiary alicyclic amines) is 1. The Morgan fingerprint density at radius 1 is 1.43 bits per heavy atom. The normalized spacial score (nSPS) is 17.4. The molecule has 0 radical (unpaired) electrons. The number of rotatable bonds is 4. The Bertz CT molecular complexity index is 605. The van der Waals surface area contributed by atoms with E-state index in [2.05, 4.69) is 4.98 Å². The van der Waals surface area contributed by atoms with Crippen molar-refractivity contribution >= 4 is 17.8 Å². The fourth-order valence-corrected chi connectivity index (χ4v) is 2.35. The lowest BCUT2D eigenvalue weighted by atomic mass is 10.1. The lowest BCUT2D eigenvalue weighted by molar-refractivity contribution is -0.161. The first-order valence-corrected chi connectivity index (χ1v) is 7.39. The van der Waals surface area contributed by atoms with E-state index in [-0.39, 0.29) is 24.9 Å². The molecule has 2 heterocycles. The highest BCUT2D eigenvalue weighted by Crippen LogP contribution is 2.19. The van der Waals surface area contributed by atoms with Crippen molar-refractivity contribution < 1.29 is 23.9 Å². The Labute approximate surface area is 133 Å². The van der Waals surface area contributed by atoms with E-state index in [0.717, 1.165) is 6.42 Å². The molecular formula is C15H19N3O5. The molecule has 8 nitrogen and oxygen atoms in total. The molecule has 0 saturated carbocycles. The summed E-state index contributed by atoms with van der Waals surface area (Å²) in [6.07, 6.45) is 2.61. The molecule has 1 unspecified atom stereocenters. The Hall–Kier alpha value is -2.64. The predicted molar refractivity (Wildman–Crippen MR) is 79.6 cm³/mol. The number of ether oxygens (including phenoxy) is 2. The maximum atomic E-state index is 12.0. The van der Waals surface area contributed by atoms with Crippen LogP contribution in [0.25, 0.3) is 0 Å². The van der Waals surface area contributed by atoms with Crippen molar-refractivity contribution in [2.75, 3.05) is 19.7 Å². The Kier molecular flexibility index (Phi) is 5.51. The summed E-state index contributed by atoms with van der Waals surface area (Å²) in [6.45, 7) is 2.57. The smallest absolute Gasteiger partial charge is 0.397 e. The van der Waals surface area contributed by atoms with E-state index in [1.54, 1.807) is 13.0 Å². The second-order valence-corrected chi connectivity index (χ2v) is 5.09. The standard InChI is InChI=1S/C15H19N3O5/c1-2-22-15(21)14(20)18-7-3-4-11(9-18)23-10-5-6-17-12(8-10)13(16)19/h5-6,8,11H,2-4,7,9H2,1H3,(H2,16,19). The molecule has 0 spiro atoms. The number of hydrogen-bond donors (Lipinski definition) is 1. The number of hydrogen-bond acceptors (Lipinski definition) is 6. The van der Waals surface area contributed by atoms with Gasteiger partial charge in [0.05, 0.1) is 13.2 Å². The molecule has 2 amide bonds. The first-order valence-electron chi connectivity index (χ1n) is 7.39. The summed E-state index contributed by atoms with van der Waals surface area (Å²) in [5.74, 6) is -1.71. The van der Waals surface area contributed by atoms with Crippen molar-refractivity contribution in [1.29, 1.82) is 0 Å². The maximum Gasteiger partial charge on any atom is 0.397 e. The van der Waals surface area contributed by atoms with Gasteiger partial charge in [-0.05, 0) is 25.8 Å². The Morgan fingerprint density at radius 2 is 2.22 bits per heavy atom. The van der Waals surface area contributed by atoms with E-state index in [1.165, 1.54) is 17.2 Å². The van der Waals surface area contributed by atoms with Crippen molar-refractivity contribution in [2.24, 2.45) is 5.73 Å². The van der Waals surface area contributed by atoms with Gasteiger partial charge in [-0.2, -0.15) is 0 Å². The third-order valence-corrected chi connectivity index (χ3v) is 3.40. The summed E-state index contributed by atoms with van der Waals surface area (Å²) < 4.78 is 10.5. The average molecular weight is 321 g/mol. The summed E-state index contributed by atoms with van der Waals surface area (Å²) >= 11 is 0. The van der Waals surface area contributed by atoms with E-state index >= 15 is 0 Å². The molecule has 124 valence electrons. The Morgan fingerprint density at radius 3 is 2.91 bits per heavy atom. The minimum Gasteiger partial charge on any atom is -0.488 e. The van der Waals surface area contributed by atoms with Gasteiger partial charge in [0.15, 0.2) is 0 Å². The van der Waals surface area contributed by atoms with Gasteiger partial charge in [0.25, 0.3) is 5.91 Å². The summed E-state index contributed by atoms with van der Waals surface area (Å²) in [5.41, 5.74) is 5.29. The lowest BCUT2D eigenvalue weighted by Crippen LogP contribution is -2.47. The van der Waals surface area contributed by atoms with E-state index < -0.39 is 17.8 Å². The molecule has 0 aliphatic carbocycles. The predicted octanol–water partition coefficient (Wildman–Crippen LogP) is 0.113. The maximum absolute atomic E-state index is 12.0. The van der Waals surface area contributed by atoms with Crippen molar-refractivity contribution in [3.05, 3.63) is 24.0 Å². The molecule has 1 aliphatic heterocycles. The van der Waals surface area contributed by atoms with Crippen LogP contribution in [0.3, 0.4) is 0 Å². The topological polar surface area (TPSA) is 112 Å². The molecule has 1 atom stereocenters. The van der Waals surface area contributed by atoms with Crippen molar-refractivity contribution in [3.8, 4) is 5.75 Å². The molecule has 1 saturated heterocycles. The fourth-order valence-electron chi connectivity index (χ4n) is 2.35. The van der Waals surface area contributed by atoms with Gasteiger partial charge in [-0.25, -0.2) is 4.79 Å². The van der Waals surface area contributed by atoms with Crippen LogP contribution in [0.15, 0.2) is 18.3 Å². The van der Waals surface area contributed by atoms with Crippen LogP contribution >= 0.6 is 0 Å². The molecule has 1 fully saturated rings. The molecule has 1 aromatic heterocycles. The van der Waals surface area contributed by atoms with E-state index in [9.17, 15) is 14.4 Å². The lowest BCUT2D eigenvalue weighted by Gasteiger charge is -2.32. The molecule has 0 aromatic carbocycles. The molecule has 8 heteroatoms. The second kappa shape index (κ2) is 7.57. The van der Waals surface area contributed by atoms with E-state index in [4.69, 9.17) is 15.2 Å². The minimum absolute atomic E-state index is 0.109. The number of piperidine rings is 1. The number of primary amides is 1. The highest BCUT2D eigenvalue weighted by Gasteiger charge is 2.29. The first-order chi connectivity index (χ1) is 11.0. The number of carbonyl (C=O) groups excluding carboxylic acids is 3. The van der Waals surface area contributed by atoms with Crippen LogP contribution in [0.1, 0.15) is 30.3 Å². The van der Waals surface area contributed by atoms with Gasteiger partial charge in [0.1, 0.15) is 17.5 Å². The number of esters is 1. The quantitative estimate of drug-likeness (QED) is 0.622. The number of aromatic nitrogens is 1. The molecular weight excluding hydrogens is 302 g/mol.